The van der Waals surface area contributed by atoms with Crippen LogP contribution in [0.25, 0.3) is 11.1 Å². The molecule has 0 aliphatic heterocycles. The molecule has 0 spiro atoms. The third-order valence-electron chi connectivity index (χ3n) is 3.43. The quantitative estimate of drug-likeness (QED) is 0.468. The van der Waals surface area contributed by atoms with Gasteiger partial charge in [0.25, 0.3) is 0 Å². The zero-order valence-electron chi connectivity index (χ0n) is 12.1. The van der Waals surface area contributed by atoms with Gasteiger partial charge in [-0.25, -0.2) is 0 Å². The first-order chi connectivity index (χ1) is 10.8. The number of Topliss-reactive ketones (excluding diaryl/α,β-unsaturated/α-hetero) is 1. The molecule has 22 heavy (non-hydrogen) atoms. The molecular formula is C20H16OS. The molecule has 1 nitrogen and oxygen atoms in total. The Morgan fingerprint density at radius 1 is 0.682 bits per heavy atom. The Morgan fingerprint density at radius 2 is 1.23 bits per heavy atom. The smallest absolute Gasteiger partial charge is 0.173 e. The molecule has 0 amide bonds. The maximum Gasteiger partial charge on any atom is 0.173 e. The number of ketones is 1. The molecule has 0 bridgehead atoms. The standard InChI is InChI=1S/C20H16OS/c21-20(18-9-5-2-6-10-18)15-22-19-13-11-17(12-14-19)16-7-3-1-4-8-16/h1-14H,15H2. The summed E-state index contributed by atoms with van der Waals surface area (Å²) in [6, 6.07) is 28.1. The van der Waals surface area contributed by atoms with E-state index >= 15 is 0 Å². The minimum absolute atomic E-state index is 0.165. The second-order valence-corrected chi connectivity index (χ2v) is 6.02. The molecule has 0 radical (unpaired) electrons. The zero-order chi connectivity index (χ0) is 15.2. The first kappa shape index (κ1) is 14.6. The van der Waals surface area contributed by atoms with Gasteiger partial charge in [0.05, 0.1) is 5.75 Å². The van der Waals surface area contributed by atoms with Gasteiger partial charge in [0.1, 0.15) is 0 Å². The Morgan fingerprint density at radius 3 is 1.86 bits per heavy atom. The average Bonchev–Trinajstić information content (AvgIpc) is 2.61. The van der Waals surface area contributed by atoms with Gasteiger partial charge in [-0.05, 0) is 23.3 Å². The van der Waals surface area contributed by atoms with E-state index in [0.29, 0.717) is 5.75 Å². The van der Waals surface area contributed by atoms with Crippen LogP contribution in [0.1, 0.15) is 10.4 Å². The van der Waals surface area contributed by atoms with Crippen molar-refractivity contribution < 1.29 is 4.79 Å². The molecule has 3 aromatic rings. The van der Waals surface area contributed by atoms with Gasteiger partial charge < -0.3 is 0 Å². The fourth-order valence-corrected chi connectivity index (χ4v) is 3.02. The molecule has 0 fully saturated rings. The zero-order valence-corrected chi connectivity index (χ0v) is 12.9. The van der Waals surface area contributed by atoms with Crippen LogP contribution in [0.15, 0.2) is 89.8 Å². The van der Waals surface area contributed by atoms with E-state index < -0.39 is 0 Å². The van der Waals surface area contributed by atoms with Crippen LogP contribution in [0.4, 0.5) is 0 Å². The summed E-state index contributed by atoms with van der Waals surface area (Å²) >= 11 is 1.58. The van der Waals surface area contributed by atoms with E-state index in [1.807, 2.05) is 48.5 Å². The van der Waals surface area contributed by atoms with Crippen LogP contribution in [0, 0.1) is 0 Å². The highest BCUT2D eigenvalue weighted by Crippen LogP contribution is 2.24. The van der Waals surface area contributed by atoms with Gasteiger partial charge in [-0.3, -0.25) is 4.79 Å². The van der Waals surface area contributed by atoms with Crippen LogP contribution < -0.4 is 0 Å². The van der Waals surface area contributed by atoms with E-state index in [4.69, 9.17) is 0 Å². The van der Waals surface area contributed by atoms with Gasteiger partial charge in [0.2, 0.25) is 0 Å². The van der Waals surface area contributed by atoms with E-state index in [0.717, 1.165) is 10.5 Å². The first-order valence-electron chi connectivity index (χ1n) is 7.19. The number of thioether (sulfide) groups is 1. The molecule has 3 rings (SSSR count). The Hall–Kier alpha value is -2.32. The molecule has 0 aliphatic carbocycles. The maximum atomic E-state index is 12.1. The van der Waals surface area contributed by atoms with E-state index in [9.17, 15) is 4.79 Å². The van der Waals surface area contributed by atoms with Gasteiger partial charge in [-0.2, -0.15) is 0 Å². The summed E-state index contributed by atoms with van der Waals surface area (Å²) in [5.74, 6) is 0.632. The lowest BCUT2D eigenvalue weighted by Crippen LogP contribution is -2.01. The number of hydrogen-bond acceptors (Lipinski definition) is 2. The molecule has 0 aliphatic rings. The lowest BCUT2D eigenvalue weighted by atomic mass is 10.1. The van der Waals surface area contributed by atoms with Crippen LogP contribution in [0.3, 0.4) is 0 Å². The second kappa shape index (κ2) is 7.10. The summed E-state index contributed by atoms with van der Waals surface area (Å²) in [5.41, 5.74) is 3.18. The Kier molecular flexibility index (Phi) is 4.71. The predicted molar refractivity (Wildman–Crippen MR) is 93.4 cm³/mol. The minimum Gasteiger partial charge on any atom is -0.293 e. The lowest BCUT2D eigenvalue weighted by molar-refractivity contribution is 0.102. The normalized spacial score (nSPS) is 10.4. The molecule has 3 aromatic carbocycles. The van der Waals surface area contributed by atoms with Crippen LogP contribution >= 0.6 is 11.8 Å². The van der Waals surface area contributed by atoms with Crippen molar-refractivity contribution in [1.29, 1.82) is 0 Å². The molecule has 0 saturated carbocycles. The van der Waals surface area contributed by atoms with E-state index in [-0.39, 0.29) is 5.78 Å². The third-order valence-corrected chi connectivity index (χ3v) is 4.44. The molecule has 0 N–H and O–H groups in total. The number of carbonyl (C=O) groups is 1. The monoisotopic (exact) mass is 304 g/mol. The summed E-state index contributed by atoms with van der Waals surface area (Å²) in [7, 11) is 0. The summed E-state index contributed by atoms with van der Waals surface area (Å²) in [5, 5.41) is 0. The van der Waals surface area contributed by atoms with Crippen molar-refractivity contribution in [2.24, 2.45) is 0 Å². The number of benzene rings is 3. The summed E-state index contributed by atoms with van der Waals surface area (Å²) in [4.78, 5) is 13.2. The minimum atomic E-state index is 0.165. The summed E-state index contributed by atoms with van der Waals surface area (Å²) < 4.78 is 0. The van der Waals surface area contributed by atoms with Crippen molar-refractivity contribution in [1.82, 2.24) is 0 Å². The van der Waals surface area contributed by atoms with E-state index in [1.165, 1.54) is 11.1 Å². The SMILES string of the molecule is O=C(CSc1ccc(-c2ccccc2)cc1)c1ccccc1. The maximum absolute atomic E-state index is 12.1. The fourth-order valence-electron chi connectivity index (χ4n) is 2.23. The molecule has 0 aromatic heterocycles. The van der Waals surface area contributed by atoms with E-state index in [2.05, 4.69) is 36.4 Å². The number of hydrogen-bond donors (Lipinski definition) is 0. The topological polar surface area (TPSA) is 17.1 Å². The van der Waals surface area contributed by atoms with Crippen molar-refractivity contribution >= 4 is 17.5 Å². The van der Waals surface area contributed by atoms with Crippen LogP contribution in [-0.2, 0) is 0 Å². The van der Waals surface area contributed by atoms with Crippen molar-refractivity contribution in [2.45, 2.75) is 4.90 Å². The highest BCUT2D eigenvalue weighted by molar-refractivity contribution is 8.00. The Labute approximate surface area is 135 Å². The second-order valence-electron chi connectivity index (χ2n) is 4.97. The molecule has 2 heteroatoms. The molecule has 0 heterocycles. The summed E-state index contributed by atoms with van der Waals surface area (Å²) in [6.07, 6.45) is 0. The summed E-state index contributed by atoms with van der Waals surface area (Å²) in [6.45, 7) is 0. The average molecular weight is 304 g/mol. The number of carbonyl (C=O) groups excluding carboxylic acids is 1. The largest absolute Gasteiger partial charge is 0.293 e. The van der Waals surface area contributed by atoms with Crippen molar-refractivity contribution in [3.63, 3.8) is 0 Å². The van der Waals surface area contributed by atoms with Crippen molar-refractivity contribution in [2.75, 3.05) is 5.75 Å². The third kappa shape index (κ3) is 3.66. The van der Waals surface area contributed by atoms with E-state index in [1.54, 1.807) is 11.8 Å². The van der Waals surface area contributed by atoms with Gasteiger partial charge >= 0.3 is 0 Å². The molecule has 108 valence electrons. The van der Waals surface area contributed by atoms with Crippen LogP contribution in [0.2, 0.25) is 0 Å². The lowest BCUT2D eigenvalue weighted by Gasteiger charge is -2.04. The van der Waals surface area contributed by atoms with Crippen LogP contribution in [0.5, 0.6) is 0 Å². The highest BCUT2D eigenvalue weighted by Gasteiger charge is 2.06. The molecular weight excluding hydrogens is 288 g/mol. The van der Waals surface area contributed by atoms with Crippen LogP contribution in [-0.4, -0.2) is 11.5 Å². The molecule has 0 atom stereocenters. The number of rotatable bonds is 5. The van der Waals surface area contributed by atoms with Crippen molar-refractivity contribution in [3.05, 3.63) is 90.5 Å². The molecule has 0 saturated heterocycles. The van der Waals surface area contributed by atoms with Gasteiger partial charge in [-0.15, -0.1) is 11.8 Å². The van der Waals surface area contributed by atoms with Crippen molar-refractivity contribution in [3.8, 4) is 11.1 Å². The first-order valence-corrected chi connectivity index (χ1v) is 8.18. The van der Waals surface area contributed by atoms with Gasteiger partial charge in [-0.1, -0.05) is 72.8 Å². The Bertz CT molecular complexity index is 734. The van der Waals surface area contributed by atoms with Gasteiger partial charge in [0.15, 0.2) is 5.78 Å². The predicted octanol–water partition coefficient (Wildman–Crippen LogP) is 5.33. The Balaban J connectivity index is 1.63. The van der Waals surface area contributed by atoms with Gasteiger partial charge in [0, 0.05) is 10.5 Å². The fraction of sp³-hybridized carbons (Fsp3) is 0.0500. The molecule has 0 unspecified atom stereocenters. The highest BCUT2D eigenvalue weighted by atomic mass is 32.2.